The van der Waals surface area contributed by atoms with E-state index >= 15 is 0 Å². The molecule has 0 saturated carbocycles. The summed E-state index contributed by atoms with van der Waals surface area (Å²) < 4.78 is 4.72. The lowest BCUT2D eigenvalue weighted by Gasteiger charge is -2.31. The highest BCUT2D eigenvalue weighted by Gasteiger charge is 2.49. The Balaban J connectivity index is 1.27. The van der Waals surface area contributed by atoms with E-state index in [4.69, 9.17) is 10.1 Å². The minimum absolute atomic E-state index is 0.00836. The number of aromatic amines is 1. The minimum Gasteiger partial charge on any atom is -0.294 e. The number of pyridine rings is 1. The van der Waals surface area contributed by atoms with Gasteiger partial charge in [-0.05, 0) is 86.2 Å². The van der Waals surface area contributed by atoms with Gasteiger partial charge < -0.3 is 0 Å². The van der Waals surface area contributed by atoms with Crippen LogP contribution in [0.5, 0.6) is 0 Å². The van der Waals surface area contributed by atoms with Crippen LogP contribution in [0.15, 0.2) is 158 Å². The van der Waals surface area contributed by atoms with Gasteiger partial charge in [-0.1, -0.05) is 130 Å². The van der Waals surface area contributed by atoms with Crippen molar-refractivity contribution in [3.05, 3.63) is 169 Å². The molecular formula is C49H39N5Si. The Labute approximate surface area is 320 Å². The number of nitrogens with zero attached hydrogens (tertiary/aromatic N) is 4. The second kappa shape index (κ2) is 11.5. The first-order valence-electron chi connectivity index (χ1n) is 19.1. The predicted molar refractivity (Wildman–Crippen MR) is 231 cm³/mol. The molecule has 55 heavy (non-hydrogen) atoms. The van der Waals surface area contributed by atoms with Gasteiger partial charge in [0.25, 0.3) is 0 Å². The number of benzene rings is 6. The lowest BCUT2D eigenvalue weighted by molar-refractivity contribution is 0.588. The van der Waals surface area contributed by atoms with E-state index in [1.165, 1.54) is 64.5 Å². The number of hydrogen-bond donors (Lipinski definition) is 1. The predicted octanol–water partition coefficient (Wildman–Crippen LogP) is 8.96. The van der Waals surface area contributed by atoms with E-state index < -0.39 is 8.07 Å². The molecule has 6 aromatic carbocycles. The van der Waals surface area contributed by atoms with E-state index in [0.29, 0.717) is 0 Å². The van der Waals surface area contributed by atoms with Gasteiger partial charge in [-0.2, -0.15) is 5.10 Å². The number of rotatable bonds is 4. The Morgan fingerprint density at radius 3 is 1.56 bits per heavy atom. The van der Waals surface area contributed by atoms with Crippen LogP contribution in [-0.4, -0.2) is 32.4 Å². The minimum atomic E-state index is -2.92. The smallest absolute Gasteiger partial charge is 0.181 e. The molecule has 1 aliphatic heterocycles. The molecule has 0 fully saturated rings. The average molecular weight is 726 g/mol. The molecule has 0 amide bonds. The van der Waals surface area contributed by atoms with Crippen molar-refractivity contribution in [1.29, 1.82) is 0 Å². The Morgan fingerprint density at radius 2 is 1.02 bits per heavy atom. The second-order valence-electron chi connectivity index (χ2n) is 16.1. The Kier molecular flexibility index (Phi) is 6.68. The van der Waals surface area contributed by atoms with Gasteiger partial charge in [-0.15, -0.1) is 0 Å². The normalized spacial score (nSPS) is 13.6. The van der Waals surface area contributed by atoms with Crippen LogP contribution in [0.1, 0.15) is 32.0 Å². The maximum absolute atomic E-state index is 5.03. The zero-order valence-corrected chi connectivity index (χ0v) is 32.3. The molecular weight excluding hydrogens is 687 g/mol. The molecule has 0 aliphatic carbocycles. The number of H-pyrrole nitrogens is 1. The first-order valence-corrected chi connectivity index (χ1v) is 21.1. The molecule has 0 bridgehead atoms. The fourth-order valence-corrected chi connectivity index (χ4v) is 14.6. The van der Waals surface area contributed by atoms with Crippen LogP contribution in [0.4, 0.5) is 0 Å². The average Bonchev–Trinajstić information content (AvgIpc) is 3.95. The molecule has 264 valence electrons. The molecule has 1 aliphatic rings. The Hall–Kier alpha value is -6.50. The largest absolute Gasteiger partial charge is 0.294 e. The van der Waals surface area contributed by atoms with Crippen molar-refractivity contribution in [2.75, 3.05) is 0 Å². The summed E-state index contributed by atoms with van der Waals surface area (Å²) in [6.07, 6.45) is 1.97. The molecule has 6 heteroatoms. The molecule has 10 aromatic rings. The van der Waals surface area contributed by atoms with Crippen LogP contribution in [-0.2, 0) is 5.41 Å². The highest BCUT2D eigenvalue weighted by atomic mass is 28.3. The number of aryl methyl sites for hydroxylation is 1. The fraction of sp³-hybridized carbons (Fsp3) is 0.102. The van der Waals surface area contributed by atoms with Crippen molar-refractivity contribution in [3.8, 4) is 22.8 Å². The number of para-hydroxylation sites is 2. The summed E-state index contributed by atoms with van der Waals surface area (Å²) in [5.74, 6) is 1.85. The van der Waals surface area contributed by atoms with Crippen molar-refractivity contribution in [2.45, 2.75) is 33.1 Å². The second-order valence-corrected chi connectivity index (χ2v) is 19.8. The Bertz CT molecular complexity index is 3130. The monoisotopic (exact) mass is 725 g/mol. The van der Waals surface area contributed by atoms with E-state index in [0.717, 1.165) is 33.9 Å². The molecule has 0 spiro atoms. The molecule has 5 heterocycles. The summed E-state index contributed by atoms with van der Waals surface area (Å²) in [4.78, 5) is 5.03. The summed E-state index contributed by atoms with van der Waals surface area (Å²) >= 11 is 0. The van der Waals surface area contributed by atoms with E-state index in [-0.39, 0.29) is 5.41 Å². The molecule has 0 unspecified atom stereocenters. The van der Waals surface area contributed by atoms with Crippen molar-refractivity contribution < 1.29 is 0 Å². The molecule has 5 nitrogen and oxygen atoms in total. The van der Waals surface area contributed by atoms with Gasteiger partial charge in [0, 0.05) is 39.5 Å². The van der Waals surface area contributed by atoms with Crippen LogP contribution >= 0.6 is 0 Å². The topological polar surface area (TPSA) is 51.4 Å². The summed E-state index contributed by atoms with van der Waals surface area (Å²) in [6.45, 7) is 8.87. The lowest BCUT2D eigenvalue weighted by atomic mass is 9.88. The first kappa shape index (κ1) is 32.0. The SMILES string of the molecule is Cc1cc(-n2c3ccccc3c3ccc([Si]4(c5ccc6c7ccccc7n(-c7cc(C(C)(C)C)ccn7)c6c5)c5ccccc5-c5ccccc54)cc32)n[nH]1. The van der Waals surface area contributed by atoms with Crippen molar-refractivity contribution in [3.63, 3.8) is 0 Å². The number of aromatic nitrogens is 5. The quantitative estimate of drug-likeness (QED) is 0.184. The summed E-state index contributed by atoms with van der Waals surface area (Å²) in [5, 5.41) is 18.5. The maximum atomic E-state index is 5.03. The number of fused-ring (bicyclic) bond motifs is 9. The molecule has 0 saturated heterocycles. The van der Waals surface area contributed by atoms with Crippen LogP contribution < -0.4 is 20.7 Å². The molecule has 11 rings (SSSR count). The third kappa shape index (κ3) is 4.46. The van der Waals surface area contributed by atoms with Crippen LogP contribution in [0, 0.1) is 6.92 Å². The zero-order chi connectivity index (χ0) is 37.1. The van der Waals surface area contributed by atoms with Crippen molar-refractivity contribution in [1.82, 2.24) is 24.3 Å². The van der Waals surface area contributed by atoms with E-state index in [1.54, 1.807) is 0 Å². The molecule has 0 radical (unpaired) electrons. The van der Waals surface area contributed by atoms with Gasteiger partial charge >= 0.3 is 0 Å². The summed E-state index contributed by atoms with van der Waals surface area (Å²) in [5.41, 5.74) is 9.60. The van der Waals surface area contributed by atoms with E-state index in [9.17, 15) is 0 Å². The first-order chi connectivity index (χ1) is 26.8. The highest BCUT2D eigenvalue weighted by molar-refractivity contribution is 7.22. The van der Waals surface area contributed by atoms with Gasteiger partial charge in [0.15, 0.2) is 13.9 Å². The third-order valence-electron chi connectivity index (χ3n) is 11.9. The van der Waals surface area contributed by atoms with Gasteiger partial charge in [-0.3, -0.25) is 14.2 Å². The Morgan fingerprint density at radius 1 is 0.509 bits per heavy atom. The molecule has 0 atom stereocenters. The molecule has 4 aromatic heterocycles. The number of hydrogen-bond acceptors (Lipinski definition) is 2. The van der Waals surface area contributed by atoms with Gasteiger partial charge in [0.1, 0.15) is 5.82 Å². The van der Waals surface area contributed by atoms with Crippen LogP contribution in [0.25, 0.3) is 66.4 Å². The van der Waals surface area contributed by atoms with E-state index in [1.807, 2.05) is 6.20 Å². The van der Waals surface area contributed by atoms with E-state index in [2.05, 4.69) is 194 Å². The standard InChI is InChI=1S/C49H39N5Si/c1-31-27-48(52-51-31)54-42-18-10-6-14-36(42)38-24-22-34(30-44(38)54)55(45-19-11-7-15-39(45)40-16-8-12-20-46(40)55)33-21-23-37-35-13-5-9-17-41(35)53(43(37)29-33)47-28-32(25-26-50-47)49(2,3)4/h5-30H,1-4H3,(H,51,52). The van der Waals surface area contributed by atoms with Crippen LogP contribution in [0.2, 0.25) is 0 Å². The molecule has 1 N–H and O–H groups in total. The van der Waals surface area contributed by atoms with Gasteiger partial charge in [-0.25, -0.2) is 4.98 Å². The van der Waals surface area contributed by atoms with Gasteiger partial charge in [0.2, 0.25) is 0 Å². The highest BCUT2D eigenvalue weighted by Crippen LogP contribution is 2.36. The fourth-order valence-electron chi connectivity index (χ4n) is 9.45. The maximum Gasteiger partial charge on any atom is 0.181 e. The summed E-state index contributed by atoms with van der Waals surface area (Å²) in [6, 6.07) is 56.9. The van der Waals surface area contributed by atoms with Crippen molar-refractivity contribution in [2.24, 2.45) is 0 Å². The zero-order valence-electron chi connectivity index (χ0n) is 31.3. The summed E-state index contributed by atoms with van der Waals surface area (Å²) in [7, 11) is -2.92. The van der Waals surface area contributed by atoms with Gasteiger partial charge in [0.05, 0.1) is 22.1 Å². The third-order valence-corrected chi connectivity index (χ3v) is 16.8. The lowest BCUT2D eigenvalue weighted by Crippen LogP contribution is -2.72. The van der Waals surface area contributed by atoms with Crippen molar-refractivity contribution >= 4 is 72.4 Å². The van der Waals surface area contributed by atoms with Crippen LogP contribution in [0.3, 0.4) is 0 Å². The number of nitrogens with one attached hydrogen (secondary N) is 1.